The highest BCUT2D eigenvalue weighted by Crippen LogP contribution is 2.28. The number of hydrogen-bond donors (Lipinski definition) is 2. The van der Waals surface area contributed by atoms with Gasteiger partial charge in [-0.15, -0.1) is 0 Å². The number of hydrogen-bond acceptors (Lipinski definition) is 3. The second kappa shape index (κ2) is 6.17. The Balaban J connectivity index is 1.76. The second-order valence-corrected chi connectivity index (χ2v) is 5.86. The highest BCUT2D eigenvalue weighted by Gasteiger charge is 2.06. The molecule has 0 amide bonds. The van der Waals surface area contributed by atoms with Crippen molar-refractivity contribution in [2.45, 2.75) is 39.0 Å². The molecule has 3 nitrogen and oxygen atoms in total. The summed E-state index contributed by atoms with van der Waals surface area (Å²) in [5, 5.41) is 5.76. The SMILES string of the molecule is Cc1cc2c(NCCC3=CCCCC3)ccc(N)c2cn1. The van der Waals surface area contributed by atoms with Crippen LogP contribution >= 0.6 is 0 Å². The lowest BCUT2D eigenvalue weighted by Crippen LogP contribution is -2.05. The molecule has 0 bridgehead atoms. The molecule has 1 aliphatic carbocycles. The van der Waals surface area contributed by atoms with E-state index in [2.05, 4.69) is 28.5 Å². The van der Waals surface area contributed by atoms with Gasteiger partial charge < -0.3 is 11.1 Å². The van der Waals surface area contributed by atoms with Crippen molar-refractivity contribution in [1.29, 1.82) is 0 Å². The van der Waals surface area contributed by atoms with Gasteiger partial charge in [0, 0.05) is 40.6 Å². The van der Waals surface area contributed by atoms with E-state index < -0.39 is 0 Å². The highest BCUT2D eigenvalue weighted by atomic mass is 14.9. The molecule has 1 heterocycles. The Morgan fingerprint density at radius 3 is 2.95 bits per heavy atom. The van der Waals surface area contributed by atoms with E-state index in [4.69, 9.17) is 5.73 Å². The van der Waals surface area contributed by atoms with Gasteiger partial charge in [-0.05, 0) is 57.2 Å². The van der Waals surface area contributed by atoms with E-state index in [1.54, 1.807) is 5.57 Å². The molecule has 0 saturated heterocycles. The van der Waals surface area contributed by atoms with Crippen LogP contribution in [0.25, 0.3) is 10.8 Å². The third-order valence-electron chi connectivity index (χ3n) is 4.22. The first kappa shape index (κ1) is 13.9. The monoisotopic (exact) mass is 281 g/mol. The Hall–Kier alpha value is -2.03. The third kappa shape index (κ3) is 3.18. The number of nitrogens with two attached hydrogens (primary N) is 1. The number of pyridine rings is 1. The zero-order valence-corrected chi connectivity index (χ0v) is 12.7. The Bertz CT molecular complexity index is 673. The van der Waals surface area contributed by atoms with Crippen molar-refractivity contribution in [3.63, 3.8) is 0 Å². The van der Waals surface area contributed by atoms with Gasteiger partial charge in [0.15, 0.2) is 0 Å². The van der Waals surface area contributed by atoms with E-state index >= 15 is 0 Å². The van der Waals surface area contributed by atoms with E-state index in [-0.39, 0.29) is 0 Å². The fraction of sp³-hybridized carbons (Fsp3) is 0.389. The molecule has 0 fully saturated rings. The number of aromatic nitrogens is 1. The number of nitrogens with one attached hydrogen (secondary N) is 1. The molecule has 0 saturated carbocycles. The molecule has 3 N–H and O–H groups in total. The molecule has 3 rings (SSSR count). The van der Waals surface area contributed by atoms with Crippen molar-refractivity contribution in [2.75, 3.05) is 17.6 Å². The van der Waals surface area contributed by atoms with Gasteiger partial charge in [0.05, 0.1) is 0 Å². The Morgan fingerprint density at radius 2 is 2.14 bits per heavy atom. The minimum Gasteiger partial charge on any atom is -0.398 e. The molecule has 3 heteroatoms. The zero-order valence-electron chi connectivity index (χ0n) is 12.7. The largest absolute Gasteiger partial charge is 0.398 e. The zero-order chi connectivity index (χ0) is 14.7. The second-order valence-electron chi connectivity index (χ2n) is 5.86. The number of aryl methyl sites for hydroxylation is 1. The summed E-state index contributed by atoms with van der Waals surface area (Å²) in [5.41, 5.74) is 10.6. The van der Waals surface area contributed by atoms with Crippen molar-refractivity contribution >= 4 is 22.1 Å². The van der Waals surface area contributed by atoms with Crippen molar-refractivity contribution in [3.8, 4) is 0 Å². The lowest BCUT2D eigenvalue weighted by atomic mass is 9.97. The number of nitrogens with zero attached hydrogens (tertiary/aromatic N) is 1. The molecule has 0 aliphatic heterocycles. The minimum absolute atomic E-state index is 0.790. The Labute approximate surface area is 126 Å². The van der Waals surface area contributed by atoms with E-state index in [0.29, 0.717) is 0 Å². The van der Waals surface area contributed by atoms with Gasteiger partial charge in [-0.3, -0.25) is 4.98 Å². The maximum atomic E-state index is 6.04. The molecule has 2 aromatic rings. The average molecular weight is 281 g/mol. The molecule has 1 aliphatic rings. The van der Waals surface area contributed by atoms with Gasteiger partial charge in [-0.2, -0.15) is 0 Å². The number of anilines is 2. The van der Waals surface area contributed by atoms with Crippen molar-refractivity contribution in [2.24, 2.45) is 0 Å². The van der Waals surface area contributed by atoms with E-state index in [9.17, 15) is 0 Å². The predicted octanol–water partition coefficient (Wildman–Crippen LogP) is 4.43. The van der Waals surface area contributed by atoms with Crippen LogP contribution < -0.4 is 11.1 Å². The van der Waals surface area contributed by atoms with Gasteiger partial charge in [0.25, 0.3) is 0 Å². The minimum atomic E-state index is 0.790. The smallest absolute Gasteiger partial charge is 0.0422 e. The van der Waals surface area contributed by atoms with Crippen LogP contribution in [-0.4, -0.2) is 11.5 Å². The van der Waals surface area contributed by atoms with E-state index in [1.165, 1.54) is 31.1 Å². The summed E-state index contributed by atoms with van der Waals surface area (Å²) >= 11 is 0. The van der Waals surface area contributed by atoms with Crippen LogP contribution in [-0.2, 0) is 0 Å². The topological polar surface area (TPSA) is 50.9 Å². The summed E-state index contributed by atoms with van der Waals surface area (Å²) in [6.45, 7) is 2.99. The molecule has 1 aromatic heterocycles. The first-order valence-electron chi connectivity index (χ1n) is 7.80. The molecule has 110 valence electrons. The number of nitrogen functional groups attached to an aromatic ring is 1. The van der Waals surface area contributed by atoms with Gasteiger partial charge in [0.2, 0.25) is 0 Å². The molecule has 0 unspecified atom stereocenters. The molecule has 21 heavy (non-hydrogen) atoms. The number of allylic oxidation sites excluding steroid dienone is 1. The third-order valence-corrected chi connectivity index (χ3v) is 4.22. The normalized spacial score (nSPS) is 15.0. The quantitative estimate of drug-likeness (QED) is 0.644. The summed E-state index contributed by atoms with van der Waals surface area (Å²) in [7, 11) is 0. The van der Waals surface area contributed by atoms with E-state index in [1.807, 2.05) is 19.2 Å². The molecular weight excluding hydrogens is 258 g/mol. The maximum Gasteiger partial charge on any atom is 0.0422 e. The summed E-state index contributed by atoms with van der Waals surface area (Å²) in [6, 6.07) is 6.14. The fourth-order valence-electron chi connectivity index (χ4n) is 3.01. The van der Waals surface area contributed by atoms with Crippen LogP contribution in [0.1, 0.15) is 37.8 Å². The van der Waals surface area contributed by atoms with Gasteiger partial charge in [-0.1, -0.05) is 11.6 Å². The summed E-state index contributed by atoms with van der Waals surface area (Å²) in [4.78, 5) is 4.35. The van der Waals surface area contributed by atoms with Crippen LogP contribution in [0.15, 0.2) is 36.0 Å². The van der Waals surface area contributed by atoms with Crippen LogP contribution in [0.3, 0.4) is 0 Å². The van der Waals surface area contributed by atoms with Crippen molar-refractivity contribution < 1.29 is 0 Å². The lowest BCUT2D eigenvalue weighted by molar-refractivity contribution is 0.679. The first-order valence-corrected chi connectivity index (χ1v) is 7.80. The summed E-state index contributed by atoms with van der Waals surface area (Å²) in [6.07, 6.45) is 10.6. The highest BCUT2D eigenvalue weighted by molar-refractivity contribution is 6.00. The van der Waals surface area contributed by atoms with Crippen LogP contribution in [0.4, 0.5) is 11.4 Å². The lowest BCUT2D eigenvalue weighted by Gasteiger charge is -2.15. The Morgan fingerprint density at radius 1 is 1.24 bits per heavy atom. The number of rotatable bonds is 4. The maximum absolute atomic E-state index is 6.04. The van der Waals surface area contributed by atoms with Crippen molar-refractivity contribution in [1.82, 2.24) is 4.98 Å². The average Bonchev–Trinajstić information content (AvgIpc) is 2.50. The summed E-state index contributed by atoms with van der Waals surface area (Å²) in [5.74, 6) is 0. The molecule has 0 atom stereocenters. The van der Waals surface area contributed by atoms with Gasteiger partial charge in [-0.25, -0.2) is 0 Å². The van der Waals surface area contributed by atoms with Crippen LogP contribution in [0.2, 0.25) is 0 Å². The molecule has 0 radical (unpaired) electrons. The summed E-state index contributed by atoms with van der Waals surface area (Å²) < 4.78 is 0. The standard InChI is InChI=1S/C18H23N3/c1-13-11-15-16(12-21-13)17(19)7-8-18(15)20-10-9-14-5-3-2-4-6-14/h5,7-8,11-12,20H,2-4,6,9-10,19H2,1H3. The Kier molecular flexibility index (Phi) is 4.09. The number of benzene rings is 1. The molecule has 1 aromatic carbocycles. The predicted molar refractivity (Wildman–Crippen MR) is 90.6 cm³/mol. The van der Waals surface area contributed by atoms with Crippen LogP contribution in [0, 0.1) is 6.92 Å². The van der Waals surface area contributed by atoms with Gasteiger partial charge in [0.1, 0.15) is 0 Å². The first-order chi connectivity index (χ1) is 10.2. The van der Waals surface area contributed by atoms with Gasteiger partial charge >= 0.3 is 0 Å². The fourth-order valence-corrected chi connectivity index (χ4v) is 3.01. The van der Waals surface area contributed by atoms with Crippen LogP contribution in [0.5, 0.6) is 0 Å². The molecule has 0 spiro atoms. The van der Waals surface area contributed by atoms with E-state index in [0.717, 1.165) is 35.4 Å². The van der Waals surface area contributed by atoms with Crippen molar-refractivity contribution in [3.05, 3.63) is 41.7 Å². The number of fused-ring (bicyclic) bond motifs is 1. The molecular formula is C18H23N3.